The maximum atomic E-state index is 2.64. The zero-order valence-corrected chi connectivity index (χ0v) is 52.1. The van der Waals surface area contributed by atoms with E-state index < -0.39 is 0 Å². The van der Waals surface area contributed by atoms with Crippen LogP contribution in [0.25, 0.3) is 44.5 Å². The van der Waals surface area contributed by atoms with Gasteiger partial charge in [0.2, 0.25) is 0 Å². The molecule has 1 saturated carbocycles. The highest BCUT2D eigenvalue weighted by atomic mass is 15.1. The van der Waals surface area contributed by atoms with Gasteiger partial charge in [0.05, 0.1) is 0 Å². The lowest BCUT2D eigenvalue weighted by Crippen LogP contribution is -2.27. The van der Waals surface area contributed by atoms with E-state index in [1.807, 2.05) is 0 Å². The molecule has 2 aliphatic rings. The van der Waals surface area contributed by atoms with Crippen LogP contribution in [0.2, 0.25) is 0 Å². The number of benzene rings is 9. The van der Waals surface area contributed by atoms with E-state index in [4.69, 9.17) is 0 Å². The molecule has 0 saturated heterocycles. The van der Waals surface area contributed by atoms with Gasteiger partial charge in [-0.2, -0.15) is 0 Å². The predicted octanol–water partition coefficient (Wildman–Crippen LogP) is 23.4. The third-order valence-corrected chi connectivity index (χ3v) is 20.2. The van der Waals surface area contributed by atoms with Crippen LogP contribution in [-0.2, 0) is 21.7 Å². The Balaban J connectivity index is 1.01. The molecule has 9 aromatic rings. The van der Waals surface area contributed by atoms with E-state index in [2.05, 4.69) is 323 Å². The SMILES string of the molecule is CCC=C1C(=CCN(c2ccc(-c3ccccc3)cc2)c2ccc(-c3ccc(C(C)(CC)CC)cc3)cc2)C2(CC1(C)C)CC(C)(C)c1ccc(N(c3ccc(-c4ccccc4)cc3)c3ccc(-c4ccc(C(C)(CC)CC)cc4)cc3)cc12. The van der Waals surface area contributed by atoms with Gasteiger partial charge in [-0.15, -0.1) is 0 Å². The van der Waals surface area contributed by atoms with E-state index >= 15 is 0 Å². The van der Waals surface area contributed by atoms with Gasteiger partial charge in [-0.1, -0.05) is 252 Å². The maximum absolute atomic E-state index is 2.64. The molecule has 426 valence electrons. The van der Waals surface area contributed by atoms with Crippen molar-refractivity contribution >= 4 is 28.4 Å². The minimum Gasteiger partial charge on any atom is -0.338 e. The predicted molar refractivity (Wildman–Crippen MR) is 363 cm³/mol. The van der Waals surface area contributed by atoms with Gasteiger partial charge in [0.25, 0.3) is 0 Å². The lowest BCUT2D eigenvalue weighted by atomic mass is 9.73. The molecular formula is C82H88N2. The van der Waals surface area contributed by atoms with Crippen LogP contribution in [-0.4, -0.2) is 6.54 Å². The fourth-order valence-corrected chi connectivity index (χ4v) is 14.4. The Labute approximate surface area is 504 Å². The molecular weight excluding hydrogens is 1010 g/mol. The summed E-state index contributed by atoms with van der Waals surface area (Å²) >= 11 is 0. The number of hydrogen-bond acceptors (Lipinski definition) is 2. The summed E-state index contributed by atoms with van der Waals surface area (Å²) in [5.74, 6) is 0. The van der Waals surface area contributed by atoms with E-state index in [0.29, 0.717) is 0 Å². The monoisotopic (exact) mass is 1100 g/mol. The van der Waals surface area contributed by atoms with E-state index in [1.165, 1.54) is 95.0 Å². The summed E-state index contributed by atoms with van der Waals surface area (Å²) < 4.78 is 0. The second-order valence-corrected chi connectivity index (χ2v) is 26.1. The van der Waals surface area contributed by atoms with Gasteiger partial charge in [0.1, 0.15) is 0 Å². The first-order valence-electron chi connectivity index (χ1n) is 31.4. The van der Waals surface area contributed by atoms with Gasteiger partial charge in [0, 0.05) is 40.4 Å². The van der Waals surface area contributed by atoms with Crippen LogP contribution in [0.1, 0.15) is 143 Å². The fourth-order valence-electron chi connectivity index (χ4n) is 14.4. The Morgan fingerprint density at radius 3 is 1.08 bits per heavy atom. The molecule has 84 heavy (non-hydrogen) atoms. The average Bonchev–Trinajstić information content (AvgIpc) is 1.69. The Kier molecular flexibility index (Phi) is 16.3. The summed E-state index contributed by atoms with van der Waals surface area (Å²) in [6.45, 7) is 27.0. The molecule has 1 spiro atoms. The number of allylic oxidation sites excluding steroid dienone is 3. The fraction of sp³-hybridized carbons (Fsp3) is 0.293. The van der Waals surface area contributed by atoms with Crippen LogP contribution < -0.4 is 9.80 Å². The Morgan fingerprint density at radius 1 is 0.357 bits per heavy atom. The quantitative estimate of drug-likeness (QED) is 0.0845. The van der Waals surface area contributed by atoms with Crippen molar-refractivity contribution in [1.29, 1.82) is 0 Å². The highest BCUT2D eigenvalue weighted by Gasteiger charge is 2.58. The van der Waals surface area contributed by atoms with Crippen molar-refractivity contribution in [3.05, 3.63) is 270 Å². The molecule has 1 atom stereocenters. The zero-order valence-electron chi connectivity index (χ0n) is 52.1. The summed E-state index contributed by atoms with van der Waals surface area (Å²) in [5, 5.41) is 0. The van der Waals surface area contributed by atoms with Gasteiger partial charge < -0.3 is 9.80 Å². The zero-order chi connectivity index (χ0) is 58.9. The number of anilines is 5. The van der Waals surface area contributed by atoms with Gasteiger partial charge >= 0.3 is 0 Å². The molecule has 2 nitrogen and oxygen atoms in total. The average molecular weight is 1100 g/mol. The summed E-state index contributed by atoms with van der Waals surface area (Å²) in [6, 6.07) is 84.7. The highest BCUT2D eigenvalue weighted by molar-refractivity contribution is 5.82. The molecule has 1 unspecified atom stereocenters. The highest BCUT2D eigenvalue weighted by Crippen LogP contribution is 2.66. The molecule has 0 heterocycles. The second-order valence-electron chi connectivity index (χ2n) is 26.1. The van der Waals surface area contributed by atoms with Crippen molar-refractivity contribution in [2.75, 3.05) is 16.3 Å². The van der Waals surface area contributed by atoms with Crippen LogP contribution >= 0.6 is 0 Å². The molecule has 2 aliphatic carbocycles. The largest absolute Gasteiger partial charge is 0.338 e. The van der Waals surface area contributed by atoms with Crippen molar-refractivity contribution in [2.45, 2.75) is 143 Å². The molecule has 0 N–H and O–H groups in total. The van der Waals surface area contributed by atoms with E-state index in [9.17, 15) is 0 Å². The summed E-state index contributed by atoms with van der Waals surface area (Å²) in [5.41, 5.74) is 24.4. The van der Waals surface area contributed by atoms with Gasteiger partial charge in [0.15, 0.2) is 0 Å². The van der Waals surface area contributed by atoms with E-state index in [0.717, 1.165) is 62.9 Å². The first kappa shape index (κ1) is 57.9. The van der Waals surface area contributed by atoms with Crippen molar-refractivity contribution in [1.82, 2.24) is 0 Å². The summed E-state index contributed by atoms with van der Waals surface area (Å²) in [4.78, 5) is 5.03. The van der Waals surface area contributed by atoms with Gasteiger partial charge in [-0.25, -0.2) is 0 Å². The minimum absolute atomic E-state index is 0.0483. The standard InChI is InChI=1S/C82H88N2/c1-12-23-74-76(54-55-83(69-44-32-63(33-45-69)59-24-19-17-20-25-59)70-46-34-65(35-47-70)61-28-40-67(41-29-61)80(10,13-2)14-3)82(57-78(74,6)7)58-79(8,9)75-53-52-73(56-77(75)82)84(71-48-36-64(37-49-71)60-26-21-18-22-27-60)72-50-38-66(39-51-72)62-30-42-68(43-31-62)81(11,15-4)16-5/h17-54,56H,12-16,55,57-58H2,1-11H3. The van der Waals surface area contributed by atoms with Gasteiger partial charge in [-0.05, 0) is 205 Å². The third kappa shape index (κ3) is 11.1. The molecule has 11 rings (SSSR count). The van der Waals surface area contributed by atoms with Crippen molar-refractivity contribution < 1.29 is 0 Å². The second kappa shape index (κ2) is 23.6. The molecule has 0 radical (unpaired) electrons. The molecule has 0 amide bonds. The minimum atomic E-state index is -0.214. The molecule has 9 aromatic carbocycles. The van der Waals surface area contributed by atoms with Gasteiger partial charge in [-0.3, -0.25) is 0 Å². The van der Waals surface area contributed by atoms with Crippen molar-refractivity contribution in [2.24, 2.45) is 5.41 Å². The number of fused-ring (bicyclic) bond motifs is 2. The van der Waals surface area contributed by atoms with Crippen LogP contribution in [0.4, 0.5) is 28.4 Å². The normalized spacial score (nSPS) is 17.2. The molecule has 0 aliphatic heterocycles. The van der Waals surface area contributed by atoms with Crippen molar-refractivity contribution in [3.8, 4) is 44.5 Å². The Bertz CT molecular complexity index is 3740. The maximum Gasteiger partial charge on any atom is 0.0464 e. The number of nitrogens with zero attached hydrogens (tertiary/aromatic N) is 2. The topological polar surface area (TPSA) is 6.48 Å². The Morgan fingerprint density at radius 2 is 0.702 bits per heavy atom. The van der Waals surface area contributed by atoms with Crippen LogP contribution in [0, 0.1) is 5.41 Å². The Hall–Kier alpha value is -7.94. The van der Waals surface area contributed by atoms with Crippen molar-refractivity contribution in [3.63, 3.8) is 0 Å². The third-order valence-electron chi connectivity index (χ3n) is 20.2. The molecule has 1 fully saturated rings. The smallest absolute Gasteiger partial charge is 0.0464 e. The first-order chi connectivity index (χ1) is 40.6. The molecule has 2 heteroatoms. The van der Waals surface area contributed by atoms with Crippen LogP contribution in [0.5, 0.6) is 0 Å². The number of rotatable bonds is 18. The molecule has 0 bridgehead atoms. The summed E-state index contributed by atoms with van der Waals surface area (Å²) in [6.07, 6.45) is 12.8. The first-order valence-corrected chi connectivity index (χ1v) is 31.4. The lowest BCUT2D eigenvalue weighted by molar-refractivity contribution is 0.332. The van der Waals surface area contributed by atoms with Crippen LogP contribution in [0.3, 0.4) is 0 Å². The molecule has 0 aromatic heterocycles. The lowest BCUT2D eigenvalue weighted by Gasteiger charge is -2.32. The number of hydrogen-bond donors (Lipinski definition) is 0. The summed E-state index contributed by atoms with van der Waals surface area (Å²) in [7, 11) is 0. The van der Waals surface area contributed by atoms with Crippen LogP contribution in [0.15, 0.2) is 248 Å². The van der Waals surface area contributed by atoms with E-state index in [-0.39, 0.29) is 27.1 Å². The van der Waals surface area contributed by atoms with E-state index in [1.54, 1.807) is 0 Å².